The number of hydrogen-bond acceptors (Lipinski definition) is 4. The van der Waals surface area contributed by atoms with Crippen LogP contribution in [0.15, 0.2) is 0 Å². The van der Waals surface area contributed by atoms with Gasteiger partial charge >= 0.3 is 0 Å². The lowest BCUT2D eigenvalue weighted by Crippen LogP contribution is -2.40. The van der Waals surface area contributed by atoms with Crippen LogP contribution in [0.3, 0.4) is 0 Å². The van der Waals surface area contributed by atoms with E-state index in [1.54, 1.807) is 0 Å². The Hall–Kier alpha value is -0.160. The van der Waals surface area contributed by atoms with Gasteiger partial charge in [-0.2, -0.15) is 12.6 Å². The van der Waals surface area contributed by atoms with E-state index in [9.17, 15) is 9.59 Å². The van der Waals surface area contributed by atoms with Gasteiger partial charge in [0.05, 0.1) is 0 Å². The van der Waals surface area contributed by atoms with E-state index in [0.29, 0.717) is 11.2 Å². The SMILES string of the molecule is CCC(C)(CC)CCSC(=O)C(CS)NC(C)=O. The fourth-order valence-corrected chi connectivity index (χ4v) is 3.05. The summed E-state index contributed by atoms with van der Waals surface area (Å²) in [4.78, 5) is 22.8. The maximum atomic E-state index is 11.9. The van der Waals surface area contributed by atoms with Crippen LogP contribution in [-0.4, -0.2) is 28.6 Å². The highest BCUT2D eigenvalue weighted by Gasteiger charge is 2.22. The molecule has 1 atom stereocenters. The summed E-state index contributed by atoms with van der Waals surface area (Å²) in [6.07, 6.45) is 3.27. The van der Waals surface area contributed by atoms with Gasteiger partial charge in [0.25, 0.3) is 0 Å². The fraction of sp³-hybridized carbons (Fsp3) is 0.846. The average molecular weight is 291 g/mol. The highest BCUT2D eigenvalue weighted by Crippen LogP contribution is 2.31. The lowest BCUT2D eigenvalue weighted by molar-refractivity contribution is -0.122. The lowest BCUT2D eigenvalue weighted by atomic mass is 9.82. The van der Waals surface area contributed by atoms with Crippen LogP contribution >= 0.6 is 24.4 Å². The Kier molecular flexibility index (Phi) is 8.78. The Morgan fingerprint density at radius 3 is 2.28 bits per heavy atom. The minimum atomic E-state index is -0.467. The predicted molar refractivity (Wildman–Crippen MR) is 82.2 cm³/mol. The van der Waals surface area contributed by atoms with Crippen molar-refractivity contribution in [2.24, 2.45) is 5.41 Å². The zero-order chi connectivity index (χ0) is 14.2. The van der Waals surface area contributed by atoms with Gasteiger partial charge in [-0.1, -0.05) is 45.4 Å². The first kappa shape index (κ1) is 17.8. The average Bonchev–Trinajstić information content (AvgIpc) is 2.35. The van der Waals surface area contributed by atoms with Crippen LogP contribution in [-0.2, 0) is 9.59 Å². The molecule has 1 amide bonds. The summed E-state index contributed by atoms with van der Waals surface area (Å²) in [5.41, 5.74) is 0.317. The molecule has 0 aromatic carbocycles. The zero-order valence-corrected chi connectivity index (χ0v) is 13.5. The normalized spacial score (nSPS) is 13.2. The Labute approximate surface area is 120 Å². The monoisotopic (exact) mass is 291 g/mol. The summed E-state index contributed by atoms with van der Waals surface area (Å²) >= 11 is 5.40. The van der Waals surface area contributed by atoms with Crippen LogP contribution in [0.5, 0.6) is 0 Å². The van der Waals surface area contributed by atoms with Crippen molar-refractivity contribution in [1.82, 2.24) is 5.32 Å². The molecule has 0 bridgehead atoms. The largest absolute Gasteiger partial charge is 0.345 e. The molecule has 1 unspecified atom stereocenters. The molecule has 0 aromatic rings. The first-order valence-corrected chi connectivity index (χ1v) is 8.05. The van der Waals surface area contributed by atoms with Gasteiger partial charge < -0.3 is 5.32 Å². The lowest BCUT2D eigenvalue weighted by Gasteiger charge is -2.26. The fourth-order valence-electron chi connectivity index (χ4n) is 1.53. The number of nitrogens with one attached hydrogen (secondary N) is 1. The summed E-state index contributed by atoms with van der Waals surface area (Å²) in [6.45, 7) is 8.04. The smallest absolute Gasteiger partial charge is 0.217 e. The predicted octanol–water partition coefficient (Wildman–Crippen LogP) is 2.90. The molecule has 0 saturated heterocycles. The molecule has 0 fully saturated rings. The quantitative estimate of drug-likeness (QED) is 0.676. The van der Waals surface area contributed by atoms with Crippen molar-refractivity contribution >= 4 is 35.4 Å². The number of carbonyl (C=O) groups excluding carboxylic acids is 2. The summed E-state index contributed by atoms with van der Waals surface area (Å²) < 4.78 is 0. The second kappa shape index (κ2) is 8.86. The van der Waals surface area contributed by atoms with Gasteiger partial charge in [-0.3, -0.25) is 9.59 Å². The van der Waals surface area contributed by atoms with Gasteiger partial charge in [-0.15, -0.1) is 0 Å². The third-order valence-electron chi connectivity index (χ3n) is 3.50. The molecule has 0 spiro atoms. The van der Waals surface area contributed by atoms with E-state index in [1.165, 1.54) is 18.7 Å². The number of rotatable bonds is 8. The summed E-state index contributed by atoms with van der Waals surface area (Å²) in [5, 5.41) is 2.63. The van der Waals surface area contributed by atoms with Gasteiger partial charge in [-0.05, 0) is 11.8 Å². The van der Waals surface area contributed by atoms with Crippen molar-refractivity contribution in [3.8, 4) is 0 Å². The van der Waals surface area contributed by atoms with Crippen LogP contribution < -0.4 is 5.32 Å². The van der Waals surface area contributed by atoms with Crippen molar-refractivity contribution in [3.05, 3.63) is 0 Å². The molecule has 0 aliphatic carbocycles. The Morgan fingerprint density at radius 1 is 1.33 bits per heavy atom. The molecule has 3 nitrogen and oxygen atoms in total. The number of thioether (sulfide) groups is 1. The Balaban J connectivity index is 4.12. The van der Waals surface area contributed by atoms with Crippen LogP contribution in [0.4, 0.5) is 0 Å². The van der Waals surface area contributed by atoms with Crippen molar-refractivity contribution in [3.63, 3.8) is 0 Å². The van der Waals surface area contributed by atoms with Crippen LogP contribution in [0.1, 0.15) is 47.0 Å². The van der Waals surface area contributed by atoms with E-state index in [1.807, 2.05) is 0 Å². The minimum Gasteiger partial charge on any atom is -0.345 e. The van der Waals surface area contributed by atoms with Gasteiger partial charge in [0.1, 0.15) is 6.04 Å². The number of hydrogen-bond donors (Lipinski definition) is 2. The maximum Gasteiger partial charge on any atom is 0.217 e. The first-order valence-electron chi connectivity index (χ1n) is 6.43. The van der Waals surface area contributed by atoms with Crippen molar-refractivity contribution in [1.29, 1.82) is 0 Å². The number of carbonyl (C=O) groups is 2. The zero-order valence-electron chi connectivity index (χ0n) is 11.8. The topological polar surface area (TPSA) is 46.2 Å². The van der Waals surface area contributed by atoms with Crippen LogP contribution in [0, 0.1) is 5.41 Å². The Bertz CT molecular complexity index is 278. The third kappa shape index (κ3) is 6.69. The van der Waals surface area contributed by atoms with Crippen molar-refractivity contribution < 1.29 is 9.59 Å². The van der Waals surface area contributed by atoms with E-state index in [4.69, 9.17) is 0 Å². The van der Waals surface area contributed by atoms with Crippen LogP contribution in [0.2, 0.25) is 0 Å². The molecule has 106 valence electrons. The molecule has 0 aromatic heterocycles. The minimum absolute atomic E-state index is 0.00903. The van der Waals surface area contributed by atoms with E-state index in [-0.39, 0.29) is 11.0 Å². The summed E-state index contributed by atoms with van der Waals surface area (Å²) in [5.74, 6) is 0.973. The summed E-state index contributed by atoms with van der Waals surface area (Å²) in [6, 6.07) is -0.467. The van der Waals surface area contributed by atoms with Crippen molar-refractivity contribution in [2.75, 3.05) is 11.5 Å². The third-order valence-corrected chi connectivity index (χ3v) is 4.84. The second-order valence-electron chi connectivity index (χ2n) is 4.87. The molecule has 0 rings (SSSR count). The van der Waals surface area contributed by atoms with Crippen molar-refractivity contribution in [2.45, 2.75) is 53.0 Å². The van der Waals surface area contributed by atoms with E-state index >= 15 is 0 Å². The van der Waals surface area contributed by atoms with Gasteiger partial charge in [0.15, 0.2) is 0 Å². The van der Waals surface area contributed by atoms with Crippen LogP contribution in [0.25, 0.3) is 0 Å². The van der Waals surface area contributed by atoms with Gasteiger partial charge in [-0.25, -0.2) is 0 Å². The van der Waals surface area contributed by atoms with Gasteiger partial charge in [0.2, 0.25) is 11.0 Å². The Morgan fingerprint density at radius 2 is 1.89 bits per heavy atom. The maximum absolute atomic E-state index is 11.9. The van der Waals surface area contributed by atoms with E-state index < -0.39 is 6.04 Å². The highest BCUT2D eigenvalue weighted by atomic mass is 32.2. The molecule has 1 N–H and O–H groups in total. The molecule has 0 aliphatic rings. The van der Waals surface area contributed by atoms with E-state index in [0.717, 1.165) is 25.0 Å². The molecular weight excluding hydrogens is 266 g/mol. The molecular formula is C13H25NO2S2. The molecule has 0 saturated carbocycles. The second-order valence-corrected chi connectivity index (χ2v) is 6.34. The molecule has 0 aliphatic heterocycles. The number of amides is 1. The number of thiol groups is 1. The molecule has 18 heavy (non-hydrogen) atoms. The summed E-state index contributed by atoms with van der Waals surface area (Å²) in [7, 11) is 0. The molecule has 0 heterocycles. The molecule has 5 heteroatoms. The van der Waals surface area contributed by atoms with E-state index in [2.05, 4.69) is 38.7 Å². The highest BCUT2D eigenvalue weighted by molar-refractivity contribution is 8.13. The standard InChI is InChI=1S/C13H25NO2S2/c1-5-13(4,6-2)7-8-18-12(16)11(9-17)14-10(3)15/h11,17H,5-9H2,1-4H3,(H,14,15). The first-order chi connectivity index (χ1) is 8.38. The molecule has 0 radical (unpaired) electrons. The van der Waals surface area contributed by atoms with Gasteiger partial charge in [0, 0.05) is 18.4 Å².